The highest BCUT2D eigenvalue weighted by Crippen LogP contribution is 2.25. The first kappa shape index (κ1) is 33.9. The third kappa shape index (κ3) is 12.1. The smallest absolute Gasteiger partial charge is 0.408 e. The van der Waals surface area contributed by atoms with Gasteiger partial charge in [0.15, 0.2) is 0 Å². The van der Waals surface area contributed by atoms with E-state index in [1.807, 2.05) is 45.0 Å². The van der Waals surface area contributed by atoms with Crippen LogP contribution in [0.4, 0.5) is 4.79 Å². The van der Waals surface area contributed by atoms with Crippen molar-refractivity contribution in [2.45, 2.75) is 105 Å². The summed E-state index contributed by atoms with van der Waals surface area (Å²) < 4.78 is 10.1. The van der Waals surface area contributed by atoms with Gasteiger partial charge in [0.1, 0.15) is 24.2 Å². The van der Waals surface area contributed by atoms with E-state index in [0.717, 1.165) is 37.7 Å². The van der Waals surface area contributed by atoms with Crippen LogP contribution in [0.5, 0.6) is 0 Å². The zero-order valence-electron chi connectivity index (χ0n) is 25.1. The van der Waals surface area contributed by atoms with Crippen molar-refractivity contribution < 1.29 is 28.7 Å². The monoisotopic (exact) mass is 547 g/mol. The van der Waals surface area contributed by atoms with E-state index in [0.29, 0.717) is 18.5 Å². The molecule has 0 radical (unpaired) electrons. The minimum absolute atomic E-state index is 0.270. The van der Waals surface area contributed by atoms with Crippen LogP contribution >= 0.6 is 0 Å². The Balaban J connectivity index is 3.46. The van der Waals surface area contributed by atoms with Crippen molar-refractivity contribution in [3.63, 3.8) is 0 Å². The molecule has 2 unspecified atom stereocenters. The van der Waals surface area contributed by atoms with Crippen LogP contribution in [0, 0.1) is 5.92 Å². The van der Waals surface area contributed by atoms with E-state index in [1.165, 1.54) is 12.0 Å². The molecule has 0 saturated carbocycles. The molecule has 1 rings (SSSR count). The number of hydrogen-bond acceptors (Lipinski definition) is 6. The summed E-state index contributed by atoms with van der Waals surface area (Å²) in [6.07, 6.45) is 4.91. The number of nitrogens with zero attached hydrogens (tertiary/aromatic N) is 1. The van der Waals surface area contributed by atoms with E-state index in [2.05, 4.69) is 22.3 Å². The third-order valence-electron chi connectivity index (χ3n) is 6.29. The molecule has 0 aliphatic heterocycles. The number of ether oxygens (including phenoxy) is 2. The van der Waals surface area contributed by atoms with Gasteiger partial charge >= 0.3 is 12.1 Å². The van der Waals surface area contributed by atoms with Gasteiger partial charge < -0.3 is 25.0 Å². The SMILES string of the molecule is CCCCCCCN(C(=O)C(NC(=O)OC(C)(C)C)C(C)C)C(C(=O)NCC(=O)OC)c1ccc(CC)cc1. The van der Waals surface area contributed by atoms with Gasteiger partial charge in [0.05, 0.1) is 7.11 Å². The topological polar surface area (TPSA) is 114 Å². The van der Waals surface area contributed by atoms with Crippen LogP contribution in [-0.4, -0.2) is 60.6 Å². The van der Waals surface area contributed by atoms with Gasteiger partial charge in [-0.1, -0.05) is 77.6 Å². The zero-order chi connectivity index (χ0) is 29.6. The zero-order valence-corrected chi connectivity index (χ0v) is 25.1. The lowest BCUT2D eigenvalue weighted by molar-refractivity contribution is -0.145. The second-order valence-electron chi connectivity index (χ2n) is 11.1. The molecule has 0 spiro atoms. The molecule has 2 N–H and O–H groups in total. The van der Waals surface area contributed by atoms with Crippen molar-refractivity contribution in [2.75, 3.05) is 20.2 Å². The number of rotatable bonds is 15. The summed E-state index contributed by atoms with van der Waals surface area (Å²) in [6.45, 7) is 13.1. The predicted molar refractivity (Wildman–Crippen MR) is 152 cm³/mol. The Morgan fingerprint density at radius 3 is 2.08 bits per heavy atom. The minimum Gasteiger partial charge on any atom is -0.468 e. The Bertz CT molecular complexity index is 924. The Morgan fingerprint density at radius 1 is 0.949 bits per heavy atom. The van der Waals surface area contributed by atoms with Gasteiger partial charge in [-0.2, -0.15) is 0 Å². The number of esters is 1. The fourth-order valence-electron chi connectivity index (χ4n) is 4.12. The molecular formula is C30H49N3O6. The number of benzene rings is 1. The van der Waals surface area contributed by atoms with Crippen LogP contribution in [0.2, 0.25) is 0 Å². The summed E-state index contributed by atoms with van der Waals surface area (Å²) in [6, 6.07) is 5.62. The van der Waals surface area contributed by atoms with Gasteiger partial charge in [0.2, 0.25) is 11.8 Å². The molecule has 2 atom stereocenters. The van der Waals surface area contributed by atoms with Crippen molar-refractivity contribution in [2.24, 2.45) is 5.92 Å². The lowest BCUT2D eigenvalue weighted by atomic mass is 9.97. The number of carbonyl (C=O) groups is 4. The first-order valence-corrected chi connectivity index (χ1v) is 14.1. The number of unbranched alkanes of at least 4 members (excludes halogenated alkanes) is 4. The first-order valence-electron chi connectivity index (χ1n) is 14.1. The summed E-state index contributed by atoms with van der Waals surface area (Å²) in [4.78, 5) is 53.7. The van der Waals surface area contributed by atoms with Gasteiger partial charge in [-0.3, -0.25) is 14.4 Å². The van der Waals surface area contributed by atoms with Gasteiger partial charge in [-0.15, -0.1) is 0 Å². The van der Waals surface area contributed by atoms with Gasteiger partial charge in [-0.25, -0.2) is 4.79 Å². The molecule has 0 bridgehead atoms. The maximum absolute atomic E-state index is 14.1. The van der Waals surface area contributed by atoms with Crippen LogP contribution in [0.1, 0.15) is 97.7 Å². The predicted octanol–water partition coefficient (Wildman–Crippen LogP) is 4.93. The molecule has 39 heavy (non-hydrogen) atoms. The summed E-state index contributed by atoms with van der Waals surface area (Å²) in [5.74, 6) is -1.74. The average molecular weight is 548 g/mol. The number of amides is 3. The van der Waals surface area contributed by atoms with Crippen molar-refractivity contribution in [3.8, 4) is 0 Å². The van der Waals surface area contributed by atoms with E-state index in [9.17, 15) is 19.2 Å². The molecular weight excluding hydrogens is 498 g/mol. The second-order valence-corrected chi connectivity index (χ2v) is 11.1. The summed E-state index contributed by atoms with van der Waals surface area (Å²) >= 11 is 0. The summed E-state index contributed by atoms with van der Waals surface area (Å²) in [7, 11) is 1.25. The number of methoxy groups -OCH3 is 1. The number of hydrogen-bond donors (Lipinski definition) is 2. The molecule has 9 nitrogen and oxygen atoms in total. The van der Waals surface area contributed by atoms with E-state index in [1.54, 1.807) is 20.8 Å². The number of nitrogens with one attached hydrogen (secondary N) is 2. The summed E-state index contributed by atoms with van der Waals surface area (Å²) in [5, 5.41) is 5.36. The minimum atomic E-state index is -0.999. The molecule has 0 fully saturated rings. The number of carbonyl (C=O) groups excluding carboxylic acids is 4. The highest BCUT2D eigenvalue weighted by molar-refractivity contribution is 5.93. The fourth-order valence-corrected chi connectivity index (χ4v) is 4.12. The molecule has 0 aromatic heterocycles. The highest BCUT2D eigenvalue weighted by atomic mass is 16.6. The highest BCUT2D eigenvalue weighted by Gasteiger charge is 2.37. The Hall–Kier alpha value is -3.10. The molecule has 0 saturated heterocycles. The molecule has 1 aromatic rings. The van der Waals surface area contributed by atoms with Crippen molar-refractivity contribution in [3.05, 3.63) is 35.4 Å². The molecule has 9 heteroatoms. The van der Waals surface area contributed by atoms with E-state index < -0.39 is 35.7 Å². The third-order valence-corrected chi connectivity index (χ3v) is 6.29. The Kier molecular flexibility index (Phi) is 14.6. The van der Waals surface area contributed by atoms with Gasteiger partial charge in [0, 0.05) is 6.54 Å². The van der Waals surface area contributed by atoms with Crippen molar-refractivity contribution >= 4 is 23.9 Å². The van der Waals surface area contributed by atoms with E-state index >= 15 is 0 Å². The molecule has 1 aromatic carbocycles. The Labute approximate surface area is 234 Å². The van der Waals surface area contributed by atoms with E-state index in [4.69, 9.17) is 4.74 Å². The van der Waals surface area contributed by atoms with Crippen LogP contribution < -0.4 is 10.6 Å². The fraction of sp³-hybridized carbons (Fsp3) is 0.667. The van der Waals surface area contributed by atoms with Crippen LogP contribution in [-0.2, 0) is 30.3 Å². The standard InChI is InChI=1S/C30H49N3O6/c1-9-11-12-13-14-19-33(28(36)25(21(3)4)32-29(37)39-30(5,6)7)26(27(35)31-20-24(34)38-8)23-17-15-22(10-2)16-18-23/h15-18,21,25-26H,9-14,19-20H2,1-8H3,(H,31,35)(H,32,37). The molecule has 0 heterocycles. The van der Waals surface area contributed by atoms with Crippen molar-refractivity contribution in [1.29, 1.82) is 0 Å². The normalized spacial score (nSPS) is 12.8. The first-order chi connectivity index (χ1) is 18.3. The average Bonchev–Trinajstić information content (AvgIpc) is 2.88. The van der Waals surface area contributed by atoms with Crippen molar-refractivity contribution in [1.82, 2.24) is 15.5 Å². The molecule has 3 amide bonds. The Morgan fingerprint density at radius 2 is 1.56 bits per heavy atom. The van der Waals surface area contributed by atoms with Crippen LogP contribution in [0.25, 0.3) is 0 Å². The maximum atomic E-state index is 14.1. The number of alkyl carbamates (subject to hydrolysis) is 1. The van der Waals surface area contributed by atoms with Gasteiger partial charge in [0.25, 0.3) is 0 Å². The van der Waals surface area contributed by atoms with Gasteiger partial charge in [-0.05, 0) is 50.7 Å². The number of aryl methyl sites for hydroxylation is 1. The molecule has 0 aliphatic rings. The largest absolute Gasteiger partial charge is 0.468 e. The lowest BCUT2D eigenvalue weighted by Gasteiger charge is -2.35. The maximum Gasteiger partial charge on any atom is 0.408 e. The van der Waals surface area contributed by atoms with Crippen LogP contribution in [0.3, 0.4) is 0 Å². The quantitative estimate of drug-likeness (QED) is 0.238. The lowest BCUT2D eigenvalue weighted by Crippen LogP contribution is -2.55. The molecule has 0 aliphatic carbocycles. The molecule has 220 valence electrons. The second kappa shape index (κ2) is 16.8. The summed E-state index contributed by atoms with van der Waals surface area (Å²) in [5.41, 5.74) is 0.984. The van der Waals surface area contributed by atoms with E-state index in [-0.39, 0.29) is 18.4 Å². The van der Waals surface area contributed by atoms with Crippen LogP contribution in [0.15, 0.2) is 24.3 Å².